The molecule has 1 spiro atoms. The second-order valence-electron chi connectivity index (χ2n) is 15.6. The summed E-state index contributed by atoms with van der Waals surface area (Å²) < 4.78 is 32.4. The van der Waals surface area contributed by atoms with Gasteiger partial charge in [0, 0.05) is 50.9 Å². The lowest BCUT2D eigenvalue weighted by Gasteiger charge is -2.43. The monoisotopic (exact) mass is 864 g/mol. The van der Waals surface area contributed by atoms with Crippen molar-refractivity contribution in [2.24, 2.45) is 11.8 Å². The summed E-state index contributed by atoms with van der Waals surface area (Å²) in [5.41, 5.74) is 1.72. The zero-order chi connectivity index (χ0) is 43.4. The molecule has 5 fully saturated rings. The molecule has 3 saturated heterocycles. The number of carbonyl (C=O) groups excluding carboxylic acids is 7. The Hall–Kier alpha value is -5.55. The van der Waals surface area contributed by atoms with E-state index in [-0.39, 0.29) is 75.9 Å². The highest BCUT2D eigenvalue weighted by atomic mass is 16.7. The second kappa shape index (κ2) is 22.5. The molecule has 0 aromatic heterocycles. The molecule has 3 aliphatic heterocycles. The first-order valence-electron chi connectivity index (χ1n) is 21.2. The molecule has 2 aromatic rings. The summed E-state index contributed by atoms with van der Waals surface area (Å²) in [7, 11) is 0. The number of esters is 2. The lowest BCUT2D eigenvalue weighted by Crippen LogP contribution is -2.54. The number of hydrogen-bond acceptors (Lipinski definition) is 13. The van der Waals surface area contributed by atoms with Crippen LogP contribution in [0.15, 0.2) is 60.7 Å². The highest BCUT2D eigenvalue weighted by molar-refractivity contribution is 5.91. The number of nitrogens with zero attached hydrogens (tertiary/aromatic N) is 2. The van der Waals surface area contributed by atoms with Gasteiger partial charge < -0.3 is 48.9 Å². The van der Waals surface area contributed by atoms with Gasteiger partial charge in [-0.1, -0.05) is 68.1 Å². The molecule has 4 amide bonds. The summed E-state index contributed by atoms with van der Waals surface area (Å²) in [6.45, 7) is 6.08. The SMILES string of the molecule is C.CCOC(=O)[C@@H]1CC(=O)CCC1N1CC[C@H](NC(=O)OCc2ccccc2)C1=O.CCOC(=O)[C@@H]1CC2(CCC1N1CC[C@H](NC(=O)OCc3ccccc3)C1=O)OCCO2. The van der Waals surface area contributed by atoms with Gasteiger partial charge in [0.05, 0.1) is 38.3 Å². The Morgan fingerprint density at radius 2 is 1.13 bits per heavy atom. The number of amides is 4. The highest BCUT2D eigenvalue weighted by Gasteiger charge is 2.52. The van der Waals surface area contributed by atoms with E-state index in [0.717, 1.165) is 11.1 Å². The van der Waals surface area contributed by atoms with E-state index in [1.807, 2.05) is 60.7 Å². The van der Waals surface area contributed by atoms with Gasteiger partial charge in [-0.25, -0.2) is 9.59 Å². The molecule has 2 aliphatic carbocycles. The van der Waals surface area contributed by atoms with Crippen LogP contribution in [0.2, 0.25) is 0 Å². The van der Waals surface area contributed by atoms with Crippen molar-refractivity contribution in [1.82, 2.24) is 20.4 Å². The van der Waals surface area contributed by atoms with Crippen LogP contribution in [0, 0.1) is 11.8 Å². The van der Waals surface area contributed by atoms with Crippen molar-refractivity contribution in [3.05, 3.63) is 71.8 Å². The van der Waals surface area contributed by atoms with Gasteiger partial charge >= 0.3 is 24.1 Å². The van der Waals surface area contributed by atoms with Gasteiger partial charge in [-0.05, 0) is 50.7 Å². The molecule has 5 aliphatic rings. The molecule has 3 heterocycles. The van der Waals surface area contributed by atoms with E-state index in [0.29, 0.717) is 71.2 Å². The largest absolute Gasteiger partial charge is 0.466 e. The van der Waals surface area contributed by atoms with E-state index in [9.17, 15) is 33.6 Å². The van der Waals surface area contributed by atoms with Crippen LogP contribution >= 0.6 is 0 Å². The van der Waals surface area contributed by atoms with Gasteiger partial charge in [-0.3, -0.25) is 24.0 Å². The number of ether oxygens (including phenoxy) is 6. The number of alkyl carbamates (subject to hydrolysis) is 2. The van der Waals surface area contributed by atoms with Crippen LogP contribution in [0.5, 0.6) is 0 Å². The van der Waals surface area contributed by atoms with Crippen molar-refractivity contribution in [3.63, 3.8) is 0 Å². The minimum Gasteiger partial charge on any atom is -0.466 e. The highest BCUT2D eigenvalue weighted by Crippen LogP contribution is 2.42. The molecule has 2 aromatic carbocycles. The van der Waals surface area contributed by atoms with Gasteiger partial charge in [0.25, 0.3) is 0 Å². The van der Waals surface area contributed by atoms with Crippen LogP contribution in [0.4, 0.5) is 9.59 Å². The lowest BCUT2D eigenvalue weighted by molar-refractivity contribution is -0.204. The lowest BCUT2D eigenvalue weighted by atomic mass is 9.79. The number of likely N-dealkylation sites (tertiary alicyclic amines) is 2. The zero-order valence-electron chi connectivity index (χ0n) is 34.8. The molecular weight excluding hydrogens is 805 g/mol. The average molecular weight is 865 g/mol. The van der Waals surface area contributed by atoms with Crippen LogP contribution in [-0.2, 0) is 65.6 Å². The van der Waals surface area contributed by atoms with Crippen LogP contribution in [-0.4, -0.2) is 121 Å². The van der Waals surface area contributed by atoms with Gasteiger partial charge in [-0.15, -0.1) is 0 Å². The first kappa shape index (κ1) is 47.5. The summed E-state index contributed by atoms with van der Waals surface area (Å²) in [4.78, 5) is 90.4. The summed E-state index contributed by atoms with van der Waals surface area (Å²) in [6, 6.07) is 16.5. The third-order valence-corrected chi connectivity index (χ3v) is 11.7. The third-order valence-electron chi connectivity index (χ3n) is 11.7. The zero-order valence-corrected chi connectivity index (χ0v) is 34.8. The van der Waals surface area contributed by atoms with E-state index in [1.165, 1.54) is 0 Å². The van der Waals surface area contributed by atoms with E-state index >= 15 is 0 Å². The van der Waals surface area contributed by atoms with Gasteiger partial charge in [0.2, 0.25) is 11.8 Å². The Morgan fingerprint density at radius 1 is 0.661 bits per heavy atom. The van der Waals surface area contributed by atoms with Crippen LogP contribution in [0.3, 0.4) is 0 Å². The minimum atomic E-state index is -0.768. The standard InChI is InChI=1S/C23H30N2O7.C21H26N2O6.CH4/c1-2-29-21(27)17-14-23(31-12-13-32-23)10-8-19(17)25-11-9-18(20(25)26)24-22(28)30-15-16-6-4-3-5-7-16;1-2-28-20(26)16-12-15(24)8-9-18(16)23-11-10-17(19(23)25)22-21(27)29-13-14-6-4-3-5-7-14;/h3-7,17-19H,2,8-15H2,1H3,(H,24,28);3-7,16-18H,2,8-13H2,1H3,(H,22,27);1H4/t17-,18+,19?;16-,17+,18?;/m11./s1. The summed E-state index contributed by atoms with van der Waals surface area (Å²) in [5.74, 6) is -3.20. The van der Waals surface area contributed by atoms with Gasteiger partial charge in [0.15, 0.2) is 5.79 Å². The van der Waals surface area contributed by atoms with Crippen molar-refractivity contribution in [2.45, 2.75) is 116 Å². The van der Waals surface area contributed by atoms with Crippen molar-refractivity contribution in [3.8, 4) is 0 Å². The first-order valence-corrected chi connectivity index (χ1v) is 21.2. The average Bonchev–Trinajstić information content (AvgIpc) is 3.98. The Bertz CT molecular complexity index is 1860. The topological polar surface area (TPSA) is 205 Å². The number of carbonyl (C=O) groups is 7. The van der Waals surface area contributed by atoms with Crippen molar-refractivity contribution in [2.75, 3.05) is 39.5 Å². The van der Waals surface area contributed by atoms with E-state index in [2.05, 4.69) is 10.6 Å². The summed E-state index contributed by atoms with van der Waals surface area (Å²) >= 11 is 0. The molecular formula is C45H60N4O13. The quantitative estimate of drug-likeness (QED) is 0.224. The number of rotatable bonds is 12. The van der Waals surface area contributed by atoms with Crippen LogP contribution in [0.25, 0.3) is 0 Å². The summed E-state index contributed by atoms with van der Waals surface area (Å²) in [5, 5.41) is 5.28. The smallest absolute Gasteiger partial charge is 0.408 e. The predicted octanol–water partition coefficient (Wildman–Crippen LogP) is 4.44. The number of ketones is 1. The Kier molecular flexibility index (Phi) is 17.2. The fourth-order valence-electron chi connectivity index (χ4n) is 8.76. The fraction of sp³-hybridized carbons (Fsp3) is 0.578. The molecule has 17 heteroatoms. The van der Waals surface area contributed by atoms with E-state index in [4.69, 9.17) is 28.4 Å². The molecule has 2 N–H and O–H groups in total. The number of benzene rings is 2. The predicted molar refractivity (Wildman–Crippen MR) is 222 cm³/mol. The maximum atomic E-state index is 13.1. The molecule has 0 radical (unpaired) electrons. The maximum absolute atomic E-state index is 13.1. The molecule has 0 bridgehead atoms. The minimum absolute atomic E-state index is 0. The van der Waals surface area contributed by atoms with Crippen molar-refractivity contribution in [1.29, 1.82) is 0 Å². The fourth-order valence-corrected chi connectivity index (χ4v) is 8.76. The summed E-state index contributed by atoms with van der Waals surface area (Å²) in [6.07, 6.45) is 1.99. The first-order chi connectivity index (χ1) is 29.5. The van der Waals surface area contributed by atoms with E-state index < -0.39 is 47.9 Å². The number of hydrogen-bond donors (Lipinski definition) is 2. The van der Waals surface area contributed by atoms with Crippen LogP contribution < -0.4 is 10.6 Å². The van der Waals surface area contributed by atoms with Crippen LogP contribution in [0.1, 0.15) is 83.8 Å². The molecule has 62 heavy (non-hydrogen) atoms. The normalized spacial score (nSPS) is 25.2. The van der Waals surface area contributed by atoms with Gasteiger partial charge in [-0.2, -0.15) is 0 Å². The molecule has 2 unspecified atom stereocenters. The van der Waals surface area contributed by atoms with Crippen molar-refractivity contribution < 1.29 is 62.0 Å². The molecule has 338 valence electrons. The Labute approximate surface area is 362 Å². The maximum Gasteiger partial charge on any atom is 0.408 e. The number of nitrogens with one attached hydrogen (secondary N) is 2. The molecule has 7 rings (SSSR count). The van der Waals surface area contributed by atoms with Gasteiger partial charge in [0.1, 0.15) is 31.1 Å². The Morgan fingerprint density at radius 3 is 1.61 bits per heavy atom. The number of Topliss-reactive ketones (excluding diaryl/α,β-unsaturated/α-hetero) is 1. The van der Waals surface area contributed by atoms with E-state index in [1.54, 1.807) is 23.6 Å². The van der Waals surface area contributed by atoms with Crippen molar-refractivity contribution >= 4 is 41.7 Å². The Balaban J connectivity index is 0.000000232. The third kappa shape index (κ3) is 12.1. The molecule has 2 saturated carbocycles. The second-order valence-corrected chi connectivity index (χ2v) is 15.6. The molecule has 6 atom stereocenters. The molecule has 17 nitrogen and oxygen atoms in total.